The van der Waals surface area contributed by atoms with Gasteiger partial charge in [-0.3, -0.25) is 0 Å². The van der Waals surface area contributed by atoms with Crippen molar-refractivity contribution >= 4 is 21.8 Å². The molecule has 0 radical (unpaired) electrons. The van der Waals surface area contributed by atoms with E-state index in [1.165, 1.54) is 55.2 Å². The fourth-order valence-corrected chi connectivity index (χ4v) is 8.68. The van der Waals surface area contributed by atoms with Gasteiger partial charge in [-0.1, -0.05) is 125 Å². The fourth-order valence-electron chi connectivity index (χ4n) is 8.68. The minimum Gasteiger partial charge on any atom is -0.309 e. The third-order valence-electron chi connectivity index (χ3n) is 11.2. The molecule has 6 aromatic carbocycles. The van der Waals surface area contributed by atoms with E-state index in [0.717, 1.165) is 39.6 Å². The van der Waals surface area contributed by atoms with Gasteiger partial charge < -0.3 is 4.57 Å². The summed E-state index contributed by atoms with van der Waals surface area (Å²) in [5.74, 6) is 0.754. The lowest BCUT2D eigenvalue weighted by molar-refractivity contribution is 0.636. The fraction of sp³-hybridized carbons (Fsp3) is 0.130. The highest BCUT2D eigenvalue weighted by Crippen LogP contribution is 2.52. The summed E-state index contributed by atoms with van der Waals surface area (Å²) in [6.45, 7) is 9.27. The van der Waals surface area contributed by atoms with E-state index in [0.29, 0.717) is 0 Å². The Labute approximate surface area is 286 Å². The molecule has 0 N–H and O–H groups in total. The van der Waals surface area contributed by atoms with Crippen molar-refractivity contribution in [3.05, 3.63) is 162 Å². The van der Waals surface area contributed by atoms with E-state index in [2.05, 4.69) is 172 Å². The Morgan fingerprint density at radius 3 is 1.90 bits per heavy atom. The Morgan fingerprint density at radius 2 is 1.12 bits per heavy atom. The maximum atomic E-state index is 5.33. The molecule has 2 aliphatic carbocycles. The van der Waals surface area contributed by atoms with Gasteiger partial charge in [0.25, 0.3) is 0 Å². The van der Waals surface area contributed by atoms with Crippen LogP contribution in [-0.2, 0) is 10.8 Å². The quantitative estimate of drug-likeness (QED) is 0.195. The van der Waals surface area contributed by atoms with Crippen LogP contribution in [-0.4, -0.2) is 14.5 Å². The van der Waals surface area contributed by atoms with Crippen LogP contribution in [0.3, 0.4) is 0 Å². The molecule has 0 fully saturated rings. The molecule has 0 aliphatic heterocycles. The van der Waals surface area contributed by atoms with Crippen LogP contribution in [0.4, 0.5) is 0 Å². The molecular weight excluding hydrogens is 595 g/mol. The highest BCUT2D eigenvalue weighted by Gasteiger charge is 2.40. The number of aromatic nitrogens is 3. The third kappa shape index (κ3) is 3.84. The second kappa shape index (κ2) is 9.87. The van der Waals surface area contributed by atoms with Crippen molar-refractivity contribution in [2.75, 3.05) is 0 Å². The van der Waals surface area contributed by atoms with Crippen LogP contribution in [0.5, 0.6) is 0 Å². The summed E-state index contributed by atoms with van der Waals surface area (Å²) in [5, 5.41) is 2.56. The van der Waals surface area contributed by atoms with E-state index < -0.39 is 0 Å². The first-order valence-electron chi connectivity index (χ1n) is 17.2. The second-order valence-corrected chi connectivity index (χ2v) is 14.6. The van der Waals surface area contributed by atoms with E-state index >= 15 is 0 Å². The van der Waals surface area contributed by atoms with Gasteiger partial charge in [-0.15, -0.1) is 0 Å². The maximum Gasteiger partial charge on any atom is 0.160 e. The van der Waals surface area contributed by atoms with Crippen LogP contribution in [0.2, 0.25) is 0 Å². The zero-order chi connectivity index (χ0) is 33.1. The van der Waals surface area contributed by atoms with Crippen molar-refractivity contribution < 1.29 is 0 Å². The van der Waals surface area contributed by atoms with Gasteiger partial charge in [0.1, 0.15) is 0 Å². The Balaban J connectivity index is 1.15. The molecule has 0 amide bonds. The van der Waals surface area contributed by atoms with Crippen LogP contribution < -0.4 is 0 Å². The van der Waals surface area contributed by atoms with Crippen LogP contribution in [0.25, 0.3) is 72.4 Å². The standard InChI is InChI=1S/C46H35N3/c1-45(2)36-19-11-8-16-31(36)34-27-40-35(26-38(34)45)32-17-10-13-21-39(32)49(40)30-24-22-29(23-25-30)44-47-42(28-14-6-5-7-15-28)41-33-18-9-12-20-37(33)46(3,4)43(41)48-44/h5-27H,1-4H3. The topological polar surface area (TPSA) is 30.7 Å². The molecule has 0 saturated carbocycles. The minimum atomic E-state index is -0.233. The summed E-state index contributed by atoms with van der Waals surface area (Å²) in [4.78, 5) is 10.6. The first kappa shape index (κ1) is 28.2. The summed E-state index contributed by atoms with van der Waals surface area (Å²) < 4.78 is 2.42. The number of para-hydroxylation sites is 1. The van der Waals surface area contributed by atoms with E-state index in [9.17, 15) is 0 Å². The lowest BCUT2D eigenvalue weighted by atomic mass is 9.82. The van der Waals surface area contributed by atoms with Crippen LogP contribution in [0, 0.1) is 0 Å². The SMILES string of the molecule is CC1(C)c2ccccc2-c2cc3c(cc21)c1ccccc1n3-c1ccc(-c2nc(-c3ccccc3)c3c(n2)C(C)(C)c2ccccc2-3)cc1. The average Bonchev–Trinajstić information content (AvgIpc) is 3.68. The molecule has 0 unspecified atom stereocenters. The number of hydrogen-bond acceptors (Lipinski definition) is 2. The van der Waals surface area contributed by atoms with E-state index in [-0.39, 0.29) is 10.8 Å². The van der Waals surface area contributed by atoms with Crippen molar-refractivity contribution in [3.63, 3.8) is 0 Å². The van der Waals surface area contributed by atoms with Crippen molar-refractivity contribution in [2.24, 2.45) is 0 Å². The van der Waals surface area contributed by atoms with E-state index in [4.69, 9.17) is 9.97 Å². The van der Waals surface area contributed by atoms with Crippen LogP contribution in [0.1, 0.15) is 50.1 Å². The Bertz CT molecular complexity index is 2640. The summed E-state index contributed by atoms with van der Waals surface area (Å²) in [5.41, 5.74) is 16.6. The molecule has 0 atom stereocenters. The van der Waals surface area contributed by atoms with Gasteiger partial charge in [-0.05, 0) is 75.8 Å². The van der Waals surface area contributed by atoms with E-state index in [1.807, 2.05) is 0 Å². The second-order valence-electron chi connectivity index (χ2n) is 14.6. The molecule has 49 heavy (non-hydrogen) atoms. The lowest BCUT2D eigenvalue weighted by Gasteiger charge is -2.21. The highest BCUT2D eigenvalue weighted by molar-refractivity contribution is 6.11. The minimum absolute atomic E-state index is 0.0463. The zero-order valence-corrected chi connectivity index (χ0v) is 28.1. The number of rotatable bonds is 3. The number of fused-ring (bicyclic) bond motifs is 9. The summed E-state index contributed by atoms with van der Waals surface area (Å²) in [6, 6.07) is 50.6. The summed E-state index contributed by atoms with van der Waals surface area (Å²) in [6.07, 6.45) is 0. The van der Waals surface area contributed by atoms with Gasteiger partial charge in [0.05, 0.1) is 22.4 Å². The lowest BCUT2D eigenvalue weighted by Crippen LogP contribution is -2.17. The monoisotopic (exact) mass is 629 g/mol. The number of nitrogens with zero attached hydrogens (tertiary/aromatic N) is 3. The molecule has 0 saturated heterocycles. The predicted octanol–water partition coefficient (Wildman–Crippen LogP) is 11.5. The van der Waals surface area contributed by atoms with Gasteiger partial charge >= 0.3 is 0 Å². The van der Waals surface area contributed by atoms with Crippen molar-refractivity contribution in [3.8, 4) is 50.6 Å². The maximum absolute atomic E-state index is 5.33. The predicted molar refractivity (Wildman–Crippen MR) is 202 cm³/mol. The molecule has 0 spiro atoms. The number of benzene rings is 6. The third-order valence-corrected chi connectivity index (χ3v) is 11.2. The van der Waals surface area contributed by atoms with Crippen molar-refractivity contribution in [1.82, 2.24) is 14.5 Å². The highest BCUT2D eigenvalue weighted by atomic mass is 15.0. The Kier molecular flexibility index (Phi) is 5.69. The number of hydrogen-bond donors (Lipinski definition) is 0. The van der Waals surface area contributed by atoms with Crippen LogP contribution >= 0.6 is 0 Å². The molecule has 0 bridgehead atoms. The molecule has 10 rings (SSSR count). The molecule has 234 valence electrons. The van der Waals surface area contributed by atoms with Crippen molar-refractivity contribution in [2.45, 2.75) is 38.5 Å². The molecule has 3 nitrogen and oxygen atoms in total. The van der Waals surface area contributed by atoms with Crippen molar-refractivity contribution in [1.29, 1.82) is 0 Å². The van der Waals surface area contributed by atoms with Gasteiger partial charge in [-0.2, -0.15) is 0 Å². The molecule has 2 aromatic heterocycles. The largest absolute Gasteiger partial charge is 0.309 e. The normalized spacial score (nSPS) is 14.9. The molecule has 3 heteroatoms. The first-order chi connectivity index (χ1) is 23.8. The molecule has 2 aliphatic rings. The first-order valence-corrected chi connectivity index (χ1v) is 17.2. The summed E-state index contributed by atoms with van der Waals surface area (Å²) >= 11 is 0. The van der Waals surface area contributed by atoms with E-state index in [1.54, 1.807) is 0 Å². The van der Waals surface area contributed by atoms with Crippen LogP contribution in [0.15, 0.2) is 140 Å². The smallest absolute Gasteiger partial charge is 0.160 e. The van der Waals surface area contributed by atoms with Gasteiger partial charge in [0.2, 0.25) is 0 Å². The van der Waals surface area contributed by atoms with Gasteiger partial charge in [0, 0.05) is 44.0 Å². The molecule has 8 aromatic rings. The summed E-state index contributed by atoms with van der Waals surface area (Å²) in [7, 11) is 0. The molecule has 2 heterocycles. The Hall–Kier alpha value is -5.80. The van der Waals surface area contributed by atoms with Gasteiger partial charge in [0.15, 0.2) is 5.82 Å². The average molecular weight is 630 g/mol. The molecular formula is C46H35N3. The van der Waals surface area contributed by atoms with Gasteiger partial charge in [-0.25, -0.2) is 9.97 Å². The Morgan fingerprint density at radius 1 is 0.469 bits per heavy atom. The zero-order valence-electron chi connectivity index (χ0n) is 28.1.